The van der Waals surface area contributed by atoms with Crippen molar-refractivity contribution in [3.05, 3.63) is 59.9 Å². The molecule has 0 atom stereocenters. The molecule has 2 aromatic rings. The molecule has 3 N–H and O–H groups in total. The molecule has 0 aromatic heterocycles. The average molecular weight is 303 g/mol. The fraction of sp³-hybridized carbons (Fsp3) is 0.188. The van der Waals surface area contributed by atoms with Gasteiger partial charge in [-0.25, -0.2) is 20.0 Å². The predicted molar refractivity (Wildman–Crippen MR) is 83.9 cm³/mol. The highest BCUT2D eigenvalue weighted by molar-refractivity contribution is 5.86. The van der Waals surface area contributed by atoms with Gasteiger partial charge in [0.05, 0.1) is 18.0 Å². The molecule has 1 amide bonds. The van der Waals surface area contributed by atoms with Crippen LogP contribution in [-0.4, -0.2) is 12.7 Å². The van der Waals surface area contributed by atoms with Crippen molar-refractivity contribution in [2.75, 3.05) is 16.9 Å². The van der Waals surface area contributed by atoms with Crippen LogP contribution < -0.4 is 16.2 Å². The van der Waals surface area contributed by atoms with E-state index < -0.39 is 6.09 Å². The highest BCUT2D eigenvalue weighted by Crippen LogP contribution is 2.16. The number of hydrazine groups is 1. The molecule has 116 valence electrons. The van der Waals surface area contributed by atoms with E-state index in [9.17, 15) is 9.18 Å². The first-order valence-electron chi connectivity index (χ1n) is 6.90. The summed E-state index contributed by atoms with van der Waals surface area (Å²) in [5.74, 6) is 5.36. The molecule has 0 aliphatic carbocycles. The van der Waals surface area contributed by atoms with Crippen LogP contribution in [0.25, 0.3) is 0 Å². The van der Waals surface area contributed by atoms with Gasteiger partial charge < -0.3 is 10.1 Å². The first kappa shape index (κ1) is 15.8. The van der Waals surface area contributed by atoms with Gasteiger partial charge in [0.25, 0.3) is 0 Å². The maximum Gasteiger partial charge on any atom is 0.428 e. The number of hydrogen-bond donors (Lipinski definition) is 2. The van der Waals surface area contributed by atoms with Crippen LogP contribution >= 0.6 is 0 Å². The average Bonchev–Trinajstić information content (AvgIpc) is 2.54. The maximum absolute atomic E-state index is 13.5. The summed E-state index contributed by atoms with van der Waals surface area (Å²) in [6.07, 6.45) is -0.611. The molecule has 0 unspecified atom stereocenters. The number of ether oxygens (including phenoxy) is 1. The van der Waals surface area contributed by atoms with Gasteiger partial charge in [-0.15, -0.1) is 0 Å². The number of nitrogens with two attached hydrogens (primary N) is 1. The van der Waals surface area contributed by atoms with E-state index in [1.807, 2.05) is 12.1 Å². The molecule has 2 rings (SSSR count). The van der Waals surface area contributed by atoms with Crippen LogP contribution in [0.15, 0.2) is 48.5 Å². The molecule has 0 saturated carbocycles. The van der Waals surface area contributed by atoms with E-state index in [0.717, 1.165) is 10.6 Å². The zero-order valence-electron chi connectivity index (χ0n) is 12.3. The molecular formula is C16H18FN3O2. The van der Waals surface area contributed by atoms with Crippen LogP contribution in [0.4, 0.5) is 20.6 Å². The van der Waals surface area contributed by atoms with Gasteiger partial charge in [-0.3, -0.25) is 0 Å². The van der Waals surface area contributed by atoms with E-state index in [1.165, 1.54) is 6.07 Å². The third-order valence-corrected chi connectivity index (χ3v) is 3.04. The molecular weight excluding hydrogens is 285 g/mol. The summed E-state index contributed by atoms with van der Waals surface area (Å²) in [6, 6.07) is 13.5. The summed E-state index contributed by atoms with van der Waals surface area (Å²) in [5, 5.41) is 3.95. The number of para-hydroxylation sites is 1. The van der Waals surface area contributed by atoms with Crippen molar-refractivity contribution in [2.45, 2.75) is 13.5 Å². The monoisotopic (exact) mass is 303 g/mol. The molecule has 0 aliphatic rings. The summed E-state index contributed by atoms with van der Waals surface area (Å²) >= 11 is 0. The second kappa shape index (κ2) is 7.42. The lowest BCUT2D eigenvalue weighted by molar-refractivity contribution is 0.160. The van der Waals surface area contributed by atoms with Gasteiger partial charge in [0.2, 0.25) is 0 Å². The minimum atomic E-state index is -0.611. The van der Waals surface area contributed by atoms with Gasteiger partial charge in [0, 0.05) is 6.54 Å². The van der Waals surface area contributed by atoms with Crippen LogP contribution in [0.2, 0.25) is 0 Å². The Balaban J connectivity index is 1.97. The highest BCUT2D eigenvalue weighted by Gasteiger charge is 2.12. The van der Waals surface area contributed by atoms with E-state index >= 15 is 0 Å². The number of rotatable bonds is 5. The molecule has 5 nitrogen and oxygen atoms in total. The Morgan fingerprint density at radius 1 is 1.23 bits per heavy atom. The van der Waals surface area contributed by atoms with Gasteiger partial charge in [0.1, 0.15) is 5.82 Å². The minimum Gasteiger partial charge on any atom is -0.449 e. The van der Waals surface area contributed by atoms with Crippen molar-refractivity contribution < 1.29 is 13.9 Å². The van der Waals surface area contributed by atoms with Gasteiger partial charge in [-0.05, 0) is 36.8 Å². The van der Waals surface area contributed by atoms with Gasteiger partial charge in [0.15, 0.2) is 0 Å². The van der Waals surface area contributed by atoms with Crippen LogP contribution in [0, 0.1) is 5.82 Å². The lowest BCUT2D eigenvalue weighted by Crippen LogP contribution is -2.37. The first-order chi connectivity index (χ1) is 10.6. The number of hydrogen-bond acceptors (Lipinski definition) is 4. The van der Waals surface area contributed by atoms with Crippen molar-refractivity contribution in [2.24, 2.45) is 5.84 Å². The standard InChI is InChI=1S/C16H18FN3O2/c1-2-22-16(21)20(18)13-9-7-12(8-10-13)11-19-15-6-4-3-5-14(15)17/h3-10,19H,2,11,18H2,1H3. The van der Waals surface area contributed by atoms with Crippen LogP contribution in [0.1, 0.15) is 12.5 Å². The second-order valence-corrected chi connectivity index (χ2v) is 4.57. The quantitative estimate of drug-likeness (QED) is 0.505. The fourth-order valence-electron chi connectivity index (χ4n) is 1.87. The Morgan fingerprint density at radius 3 is 2.55 bits per heavy atom. The summed E-state index contributed by atoms with van der Waals surface area (Å²) in [6.45, 7) is 2.44. The number of anilines is 2. The number of nitrogens with zero attached hydrogens (tertiary/aromatic N) is 1. The van der Waals surface area contributed by atoms with Crippen LogP contribution in [-0.2, 0) is 11.3 Å². The maximum atomic E-state index is 13.5. The summed E-state index contributed by atoms with van der Waals surface area (Å²) < 4.78 is 18.3. The van der Waals surface area contributed by atoms with E-state index in [4.69, 9.17) is 10.6 Å². The lowest BCUT2D eigenvalue weighted by atomic mass is 10.2. The lowest BCUT2D eigenvalue weighted by Gasteiger charge is -2.16. The minimum absolute atomic E-state index is 0.261. The molecule has 0 fully saturated rings. The van der Waals surface area contributed by atoms with Crippen molar-refractivity contribution in [1.29, 1.82) is 0 Å². The molecule has 0 spiro atoms. The third-order valence-electron chi connectivity index (χ3n) is 3.04. The van der Waals surface area contributed by atoms with E-state index in [-0.39, 0.29) is 12.4 Å². The van der Waals surface area contributed by atoms with Gasteiger partial charge in [-0.1, -0.05) is 24.3 Å². The summed E-state index contributed by atoms with van der Waals surface area (Å²) in [7, 11) is 0. The molecule has 0 saturated heterocycles. The second-order valence-electron chi connectivity index (χ2n) is 4.57. The molecule has 6 heteroatoms. The summed E-state index contributed by atoms with van der Waals surface area (Å²) in [4.78, 5) is 11.5. The smallest absolute Gasteiger partial charge is 0.428 e. The largest absolute Gasteiger partial charge is 0.449 e. The Bertz CT molecular complexity index is 632. The van der Waals surface area contributed by atoms with Gasteiger partial charge >= 0.3 is 6.09 Å². The Morgan fingerprint density at radius 2 is 1.91 bits per heavy atom. The third kappa shape index (κ3) is 3.95. The zero-order chi connectivity index (χ0) is 15.9. The van der Waals surface area contributed by atoms with E-state index in [1.54, 1.807) is 37.3 Å². The normalized spacial score (nSPS) is 10.1. The Kier molecular flexibility index (Phi) is 5.32. The Hall–Kier alpha value is -2.60. The van der Waals surface area contributed by atoms with Crippen molar-refractivity contribution in [3.63, 3.8) is 0 Å². The number of carbonyl (C=O) groups excluding carboxylic acids is 1. The van der Waals surface area contributed by atoms with E-state index in [0.29, 0.717) is 17.9 Å². The van der Waals surface area contributed by atoms with Crippen LogP contribution in [0.5, 0.6) is 0 Å². The highest BCUT2D eigenvalue weighted by atomic mass is 19.1. The number of carbonyl (C=O) groups is 1. The molecule has 0 heterocycles. The first-order valence-corrected chi connectivity index (χ1v) is 6.90. The molecule has 0 radical (unpaired) electrons. The topological polar surface area (TPSA) is 67.6 Å². The van der Waals surface area contributed by atoms with Crippen molar-refractivity contribution >= 4 is 17.5 Å². The SMILES string of the molecule is CCOC(=O)N(N)c1ccc(CNc2ccccc2F)cc1. The van der Waals surface area contributed by atoms with E-state index in [2.05, 4.69) is 5.32 Å². The fourth-order valence-corrected chi connectivity index (χ4v) is 1.87. The van der Waals surface area contributed by atoms with Crippen LogP contribution in [0.3, 0.4) is 0 Å². The molecule has 0 bridgehead atoms. The number of nitrogens with one attached hydrogen (secondary N) is 1. The number of benzene rings is 2. The van der Waals surface area contributed by atoms with Crippen molar-refractivity contribution in [1.82, 2.24) is 0 Å². The summed E-state index contributed by atoms with van der Waals surface area (Å²) in [5.41, 5.74) is 1.90. The van der Waals surface area contributed by atoms with Crippen molar-refractivity contribution in [3.8, 4) is 0 Å². The zero-order valence-corrected chi connectivity index (χ0v) is 12.3. The number of halogens is 1. The van der Waals surface area contributed by atoms with Gasteiger partial charge in [-0.2, -0.15) is 0 Å². The molecule has 2 aromatic carbocycles. The predicted octanol–water partition coefficient (Wildman–Crippen LogP) is 3.27. The molecule has 0 aliphatic heterocycles. The molecule has 22 heavy (non-hydrogen) atoms. The number of amides is 1. The Labute approximate surface area is 128 Å².